The Morgan fingerprint density at radius 3 is 2.75 bits per heavy atom. The number of methoxy groups -OCH3 is 1. The van der Waals surface area contributed by atoms with Crippen LogP contribution in [0.5, 0.6) is 0 Å². The molecule has 0 aromatic carbocycles. The zero-order valence-corrected chi connectivity index (χ0v) is 17.9. The van der Waals surface area contributed by atoms with Gasteiger partial charge in [0.2, 0.25) is 0 Å². The number of nitrogens with two attached hydrogens (primary N) is 1. The van der Waals surface area contributed by atoms with Gasteiger partial charge in [0.25, 0.3) is 5.56 Å². The molecule has 0 aliphatic heterocycles. The Labute approximate surface area is 171 Å². The Bertz CT molecular complexity index is 776. The molecule has 4 N–H and O–H groups in total. The second kappa shape index (κ2) is 10.6. The average molecular weight is 412 g/mol. The van der Waals surface area contributed by atoms with Gasteiger partial charge in [-0.25, -0.2) is 4.79 Å². The Hall–Kier alpha value is -1.87. The van der Waals surface area contributed by atoms with Crippen LogP contribution in [0, 0.1) is 5.92 Å². The summed E-state index contributed by atoms with van der Waals surface area (Å²) in [4.78, 5) is 28.9. The van der Waals surface area contributed by atoms with Crippen molar-refractivity contribution >= 4 is 28.8 Å². The van der Waals surface area contributed by atoms with Crippen molar-refractivity contribution in [2.45, 2.75) is 65.0 Å². The first-order chi connectivity index (χ1) is 13.4. The van der Waals surface area contributed by atoms with Gasteiger partial charge in [0.1, 0.15) is 5.82 Å². The monoisotopic (exact) mass is 411 g/mol. The van der Waals surface area contributed by atoms with Crippen LogP contribution in [0.3, 0.4) is 0 Å². The number of anilines is 2. The fraction of sp³-hybridized carbons (Fsp3) is 0.737. The number of ether oxygens (including phenoxy) is 1. The predicted molar refractivity (Wildman–Crippen MR) is 117 cm³/mol. The number of aromatic amines is 1. The predicted octanol–water partition coefficient (Wildman–Crippen LogP) is 1.82. The van der Waals surface area contributed by atoms with Crippen LogP contribution in [0.1, 0.15) is 52.4 Å². The molecule has 1 heterocycles. The Morgan fingerprint density at radius 1 is 1.39 bits per heavy atom. The summed E-state index contributed by atoms with van der Waals surface area (Å²) in [5, 5.41) is 3.85. The number of H-pyrrole nitrogens is 1. The molecule has 0 amide bonds. The SMILES string of the molecule is CCCCn1c(N)c(N(CCOC)C(=S)N[C@@H]2CCCC[C@H]2C)c(=O)[nH]c1=O. The second-order valence-corrected chi connectivity index (χ2v) is 7.85. The van der Waals surface area contributed by atoms with Gasteiger partial charge in [0.15, 0.2) is 10.8 Å². The zero-order valence-electron chi connectivity index (χ0n) is 17.1. The molecule has 8 nitrogen and oxygen atoms in total. The molecule has 1 saturated carbocycles. The topological polar surface area (TPSA) is 105 Å². The van der Waals surface area contributed by atoms with E-state index in [1.54, 1.807) is 12.0 Å². The number of aromatic nitrogens is 2. The molecular weight excluding hydrogens is 378 g/mol. The highest BCUT2D eigenvalue weighted by Crippen LogP contribution is 2.25. The normalized spacial score (nSPS) is 19.4. The molecule has 1 aliphatic carbocycles. The lowest BCUT2D eigenvalue weighted by atomic mass is 9.86. The average Bonchev–Trinajstić information content (AvgIpc) is 2.65. The van der Waals surface area contributed by atoms with Gasteiger partial charge in [-0.2, -0.15) is 0 Å². The minimum Gasteiger partial charge on any atom is -0.383 e. The van der Waals surface area contributed by atoms with Crippen molar-refractivity contribution in [3.63, 3.8) is 0 Å². The van der Waals surface area contributed by atoms with Gasteiger partial charge in [-0.05, 0) is 37.4 Å². The van der Waals surface area contributed by atoms with E-state index in [4.69, 9.17) is 22.7 Å². The summed E-state index contributed by atoms with van der Waals surface area (Å²) < 4.78 is 6.61. The number of nitrogen functional groups attached to an aromatic ring is 1. The minimum absolute atomic E-state index is 0.138. The molecule has 2 rings (SSSR count). The number of rotatable bonds is 8. The van der Waals surface area contributed by atoms with E-state index in [0.29, 0.717) is 30.7 Å². The van der Waals surface area contributed by atoms with Crippen molar-refractivity contribution in [2.24, 2.45) is 5.92 Å². The van der Waals surface area contributed by atoms with Gasteiger partial charge in [-0.15, -0.1) is 0 Å². The van der Waals surface area contributed by atoms with Gasteiger partial charge < -0.3 is 20.7 Å². The van der Waals surface area contributed by atoms with Crippen LogP contribution >= 0.6 is 12.2 Å². The molecule has 0 radical (unpaired) electrons. The Kier molecular flexibility index (Phi) is 8.50. The third kappa shape index (κ3) is 5.35. The molecule has 0 spiro atoms. The maximum atomic E-state index is 12.6. The summed E-state index contributed by atoms with van der Waals surface area (Å²) in [6, 6.07) is 0.262. The number of hydrogen-bond acceptors (Lipinski definition) is 5. The highest BCUT2D eigenvalue weighted by molar-refractivity contribution is 7.80. The number of thiocarbonyl (C=S) groups is 1. The van der Waals surface area contributed by atoms with Crippen LogP contribution in [-0.4, -0.2) is 41.0 Å². The van der Waals surface area contributed by atoms with Crippen LogP contribution < -0.4 is 27.2 Å². The molecule has 0 bridgehead atoms. The molecule has 1 aromatic rings. The number of nitrogens with one attached hydrogen (secondary N) is 2. The number of unbranched alkanes of at least 4 members (excludes halogenated alkanes) is 1. The fourth-order valence-electron chi connectivity index (χ4n) is 3.64. The molecule has 2 atom stereocenters. The molecule has 1 aliphatic rings. The molecule has 9 heteroatoms. The van der Waals surface area contributed by atoms with Crippen molar-refractivity contribution in [1.29, 1.82) is 0 Å². The lowest BCUT2D eigenvalue weighted by Gasteiger charge is -2.34. The first kappa shape index (κ1) is 22.4. The molecule has 158 valence electrons. The van der Waals surface area contributed by atoms with Crippen LogP contribution in [0.15, 0.2) is 9.59 Å². The van der Waals surface area contributed by atoms with Crippen molar-refractivity contribution in [3.05, 3.63) is 20.8 Å². The summed E-state index contributed by atoms with van der Waals surface area (Å²) in [6.45, 7) is 5.43. The van der Waals surface area contributed by atoms with E-state index < -0.39 is 11.2 Å². The third-order valence-electron chi connectivity index (χ3n) is 5.40. The lowest BCUT2D eigenvalue weighted by Crippen LogP contribution is -2.51. The van der Waals surface area contributed by atoms with Crippen LogP contribution in [0.4, 0.5) is 11.5 Å². The van der Waals surface area contributed by atoms with E-state index >= 15 is 0 Å². The van der Waals surface area contributed by atoms with Crippen LogP contribution in [-0.2, 0) is 11.3 Å². The zero-order chi connectivity index (χ0) is 20.7. The van der Waals surface area contributed by atoms with Gasteiger partial charge >= 0.3 is 5.69 Å². The molecule has 28 heavy (non-hydrogen) atoms. The molecular formula is C19H33N5O3S. The van der Waals surface area contributed by atoms with Crippen LogP contribution in [0.25, 0.3) is 0 Å². The number of hydrogen-bond donors (Lipinski definition) is 3. The number of nitrogens with zero attached hydrogens (tertiary/aromatic N) is 2. The lowest BCUT2D eigenvalue weighted by molar-refractivity contribution is 0.207. The molecule has 0 unspecified atom stereocenters. The van der Waals surface area contributed by atoms with Crippen LogP contribution in [0.2, 0.25) is 0 Å². The Morgan fingerprint density at radius 2 is 2.11 bits per heavy atom. The molecule has 0 saturated heterocycles. The van der Waals surface area contributed by atoms with Gasteiger partial charge in [-0.3, -0.25) is 14.3 Å². The smallest absolute Gasteiger partial charge is 0.330 e. The van der Waals surface area contributed by atoms with Gasteiger partial charge in [-0.1, -0.05) is 33.1 Å². The first-order valence-electron chi connectivity index (χ1n) is 10.1. The van der Waals surface area contributed by atoms with Crippen molar-refractivity contribution in [3.8, 4) is 0 Å². The van der Waals surface area contributed by atoms with Crippen molar-refractivity contribution in [1.82, 2.24) is 14.9 Å². The highest BCUT2D eigenvalue weighted by Gasteiger charge is 2.26. The van der Waals surface area contributed by atoms with E-state index in [-0.39, 0.29) is 17.5 Å². The quantitative estimate of drug-likeness (QED) is 0.560. The fourth-order valence-corrected chi connectivity index (χ4v) is 3.98. The highest BCUT2D eigenvalue weighted by atomic mass is 32.1. The summed E-state index contributed by atoms with van der Waals surface area (Å²) >= 11 is 5.65. The van der Waals surface area contributed by atoms with E-state index in [1.807, 2.05) is 6.92 Å². The van der Waals surface area contributed by atoms with Gasteiger partial charge in [0.05, 0.1) is 6.61 Å². The minimum atomic E-state index is -0.535. The maximum absolute atomic E-state index is 12.6. The van der Waals surface area contributed by atoms with E-state index in [9.17, 15) is 9.59 Å². The van der Waals surface area contributed by atoms with E-state index in [1.165, 1.54) is 11.0 Å². The van der Waals surface area contributed by atoms with E-state index in [2.05, 4.69) is 17.2 Å². The van der Waals surface area contributed by atoms with E-state index in [0.717, 1.165) is 32.1 Å². The van der Waals surface area contributed by atoms with Gasteiger partial charge in [0, 0.05) is 26.2 Å². The second-order valence-electron chi connectivity index (χ2n) is 7.46. The summed E-state index contributed by atoms with van der Waals surface area (Å²) in [5.74, 6) is 0.643. The summed E-state index contributed by atoms with van der Waals surface area (Å²) in [7, 11) is 1.59. The first-order valence-corrected chi connectivity index (χ1v) is 10.5. The summed E-state index contributed by atoms with van der Waals surface area (Å²) in [6.07, 6.45) is 6.29. The van der Waals surface area contributed by atoms with Crippen molar-refractivity contribution < 1.29 is 4.74 Å². The van der Waals surface area contributed by atoms with Crippen molar-refractivity contribution in [2.75, 3.05) is 30.9 Å². The maximum Gasteiger partial charge on any atom is 0.330 e. The molecule has 1 aromatic heterocycles. The third-order valence-corrected chi connectivity index (χ3v) is 5.74. The Balaban J connectivity index is 2.37. The summed E-state index contributed by atoms with van der Waals surface area (Å²) in [5.41, 5.74) is 5.44. The largest absolute Gasteiger partial charge is 0.383 e. The standard InChI is InChI=1S/C19H33N5O3S/c1-4-5-10-24-16(20)15(17(25)22-18(24)26)23(11-12-27-3)19(28)21-14-9-7-6-8-13(14)2/h13-14H,4-12,20H2,1-3H3,(H,21,28)(H,22,25,26)/t13-,14-/m1/s1. The molecule has 1 fully saturated rings.